The smallest absolute Gasteiger partial charge is 0.212 e. The molecule has 0 aromatic heterocycles. The van der Waals surface area contributed by atoms with E-state index in [2.05, 4.69) is 17.9 Å². The first kappa shape index (κ1) is 16.9. The van der Waals surface area contributed by atoms with E-state index >= 15 is 0 Å². The van der Waals surface area contributed by atoms with Crippen molar-refractivity contribution < 1.29 is 4.79 Å². The second kappa shape index (κ2) is 7.19. The monoisotopic (exact) mass is 343 g/mol. The number of likely N-dealkylation sites (tertiary alicyclic amines) is 1. The summed E-state index contributed by atoms with van der Waals surface area (Å²) in [6.07, 6.45) is 3.92. The van der Waals surface area contributed by atoms with Gasteiger partial charge in [-0.3, -0.25) is 9.69 Å². The van der Waals surface area contributed by atoms with Crippen LogP contribution in [0.3, 0.4) is 0 Å². The number of halogens is 2. The molecule has 1 saturated heterocycles. The first-order chi connectivity index (χ1) is 9.69. The lowest BCUT2D eigenvalue weighted by molar-refractivity contribution is -0.106. The van der Waals surface area contributed by atoms with E-state index in [0.717, 1.165) is 31.0 Å². The van der Waals surface area contributed by atoms with E-state index in [1.165, 1.54) is 22.9 Å². The van der Waals surface area contributed by atoms with Crippen molar-refractivity contribution in [2.24, 2.45) is 0 Å². The highest BCUT2D eigenvalue weighted by atomic mass is 35.5. The quantitative estimate of drug-likeness (QED) is 0.806. The molecule has 3 rings (SSSR count). The molecule has 0 amide bonds. The molecule has 0 bridgehead atoms. The molecular formula is C16H19Cl2NOS. The van der Waals surface area contributed by atoms with E-state index in [-0.39, 0.29) is 17.5 Å². The Balaban J connectivity index is 0.00000161. The molecule has 1 aromatic rings. The molecule has 2 aliphatic rings. The number of carbonyl (C=O) groups excluding carboxylic acids is 1. The van der Waals surface area contributed by atoms with Crippen molar-refractivity contribution in [1.29, 1.82) is 0 Å². The zero-order valence-electron chi connectivity index (χ0n) is 11.9. The highest BCUT2D eigenvalue weighted by molar-refractivity contribution is 8.15. The van der Waals surface area contributed by atoms with Crippen LogP contribution in [0.2, 0.25) is 5.02 Å². The van der Waals surface area contributed by atoms with Gasteiger partial charge in [-0.15, -0.1) is 12.4 Å². The fourth-order valence-electron chi connectivity index (χ4n) is 3.17. The van der Waals surface area contributed by atoms with Gasteiger partial charge in [-0.25, -0.2) is 0 Å². The number of carbonyl (C=O) groups is 1. The highest BCUT2D eigenvalue weighted by Gasteiger charge is 2.33. The first-order valence-electron chi connectivity index (χ1n) is 7.08. The van der Waals surface area contributed by atoms with Crippen LogP contribution >= 0.6 is 35.8 Å². The summed E-state index contributed by atoms with van der Waals surface area (Å²) >= 11 is 7.84. The SMILES string of the molecule is CCC(c1ccccc1Cl)N1CCC2SC(=O)C=C2C1.Cl. The largest absolute Gasteiger partial charge is 0.292 e. The minimum Gasteiger partial charge on any atom is -0.292 e. The van der Waals surface area contributed by atoms with E-state index in [4.69, 9.17) is 11.6 Å². The van der Waals surface area contributed by atoms with Crippen LogP contribution < -0.4 is 0 Å². The number of fused-ring (bicyclic) bond motifs is 1. The van der Waals surface area contributed by atoms with Gasteiger partial charge in [0, 0.05) is 29.4 Å². The third-order valence-electron chi connectivity index (χ3n) is 4.13. The molecule has 2 atom stereocenters. The Labute approximate surface area is 141 Å². The number of rotatable bonds is 3. The van der Waals surface area contributed by atoms with E-state index < -0.39 is 0 Å². The topological polar surface area (TPSA) is 20.3 Å². The predicted molar refractivity (Wildman–Crippen MR) is 92.4 cm³/mol. The maximum Gasteiger partial charge on any atom is 0.212 e. The van der Waals surface area contributed by atoms with Crippen LogP contribution in [-0.4, -0.2) is 28.4 Å². The number of nitrogens with zero attached hydrogens (tertiary/aromatic N) is 1. The van der Waals surface area contributed by atoms with Crippen LogP contribution in [0.4, 0.5) is 0 Å². The van der Waals surface area contributed by atoms with Gasteiger partial charge in [-0.05, 0) is 36.1 Å². The minimum atomic E-state index is 0. The number of thioether (sulfide) groups is 1. The van der Waals surface area contributed by atoms with E-state index in [0.29, 0.717) is 11.3 Å². The molecule has 5 heteroatoms. The Morgan fingerprint density at radius 2 is 2.19 bits per heavy atom. The molecular weight excluding hydrogens is 325 g/mol. The summed E-state index contributed by atoms with van der Waals surface area (Å²) in [5, 5.41) is 1.48. The minimum absolute atomic E-state index is 0. The van der Waals surface area contributed by atoms with Crippen molar-refractivity contribution in [2.75, 3.05) is 13.1 Å². The summed E-state index contributed by atoms with van der Waals surface area (Å²) in [5.74, 6) is 0. The summed E-state index contributed by atoms with van der Waals surface area (Å²) in [4.78, 5) is 14.0. The number of piperidine rings is 1. The van der Waals surface area contributed by atoms with Gasteiger partial charge in [0.2, 0.25) is 5.12 Å². The Morgan fingerprint density at radius 1 is 1.43 bits per heavy atom. The lowest BCUT2D eigenvalue weighted by atomic mass is 9.97. The van der Waals surface area contributed by atoms with E-state index in [9.17, 15) is 4.79 Å². The fourth-order valence-corrected chi connectivity index (χ4v) is 4.45. The van der Waals surface area contributed by atoms with Gasteiger partial charge in [-0.2, -0.15) is 0 Å². The van der Waals surface area contributed by atoms with Crippen molar-refractivity contribution in [3.8, 4) is 0 Å². The molecule has 21 heavy (non-hydrogen) atoms. The van der Waals surface area contributed by atoms with Crippen molar-refractivity contribution in [3.05, 3.63) is 46.5 Å². The fraction of sp³-hybridized carbons (Fsp3) is 0.438. The predicted octanol–water partition coefficient (Wildman–Crippen LogP) is 4.49. The van der Waals surface area contributed by atoms with Gasteiger partial charge in [0.1, 0.15) is 0 Å². The molecule has 1 aromatic carbocycles. The van der Waals surface area contributed by atoms with Crippen molar-refractivity contribution in [2.45, 2.75) is 31.1 Å². The van der Waals surface area contributed by atoms with Gasteiger partial charge < -0.3 is 0 Å². The average Bonchev–Trinajstić information content (AvgIpc) is 2.81. The van der Waals surface area contributed by atoms with E-state index in [1.807, 2.05) is 24.3 Å². The third kappa shape index (κ3) is 3.48. The Morgan fingerprint density at radius 3 is 2.90 bits per heavy atom. The first-order valence-corrected chi connectivity index (χ1v) is 8.34. The summed E-state index contributed by atoms with van der Waals surface area (Å²) in [6, 6.07) is 8.43. The Bertz CT molecular complexity index is 561. The zero-order valence-corrected chi connectivity index (χ0v) is 14.3. The molecule has 0 radical (unpaired) electrons. The number of hydrogen-bond acceptors (Lipinski definition) is 3. The zero-order chi connectivity index (χ0) is 14.1. The van der Waals surface area contributed by atoms with Gasteiger partial charge in [0.05, 0.1) is 0 Å². The second-order valence-corrected chi connectivity index (χ2v) is 6.96. The summed E-state index contributed by atoms with van der Waals surface area (Å²) < 4.78 is 0. The standard InChI is InChI=1S/C16H18ClNOS.ClH/c1-2-14(12-5-3-4-6-13(12)17)18-8-7-15-11(10-18)9-16(19)20-15;/h3-6,9,14-15H,2,7-8,10H2,1H3;1H. The van der Waals surface area contributed by atoms with Gasteiger partial charge >= 0.3 is 0 Å². The molecule has 2 aliphatic heterocycles. The maximum absolute atomic E-state index is 11.5. The molecule has 0 saturated carbocycles. The molecule has 114 valence electrons. The Hall–Kier alpha value is -0.480. The molecule has 2 heterocycles. The average molecular weight is 344 g/mol. The molecule has 2 nitrogen and oxygen atoms in total. The van der Waals surface area contributed by atoms with Crippen LogP contribution in [0.15, 0.2) is 35.9 Å². The van der Waals surface area contributed by atoms with Crippen LogP contribution in [0.5, 0.6) is 0 Å². The lowest BCUT2D eigenvalue weighted by Gasteiger charge is -2.37. The van der Waals surface area contributed by atoms with Gasteiger partial charge in [0.15, 0.2) is 0 Å². The van der Waals surface area contributed by atoms with Crippen molar-refractivity contribution in [3.63, 3.8) is 0 Å². The molecule has 2 unspecified atom stereocenters. The second-order valence-electron chi connectivity index (χ2n) is 5.35. The Kier molecular flexibility index (Phi) is 5.78. The van der Waals surface area contributed by atoms with Gasteiger partial charge in [0.25, 0.3) is 0 Å². The van der Waals surface area contributed by atoms with Crippen LogP contribution in [0.1, 0.15) is 31.4 Å². The molecule has 1 fully saturated rings. The summed E-state index contributed by atoms with van der Waals surface area (Å²) in [7, 11) is 0. The van der Waals surface area contributed by atoms with Crippen molar-refractivity contribution in [1.82, 2.24) is 4.90 Å². The van der Waals surface area contributed by atoms with E-state index in [1.54, 1.807) is 0 Å². The summed E-state index contributed by atoms with van der Waals surface area (Å²) in [6.45, 7) is 4.13. The summed E-state index contributed by atoms with van der Waals surface area (Å²) in [5.41, 5.74) is 2.49. The number of hydrogen-bond donors (Lipinski definition) is 0. The third-order valence-corrected chi connectivity index (χ3v) is 5.65. The molecule has 0 N–H and O–H groups in total. The highest BCUT2D eigenvalue weighted by Crippen LogP contribution is 2.39. The van der Waals surface area contributed by atoms with Crippen LogP contribution in [0.25, 0.3) is 0 Å². The van der Waals surface area contributed by atoms with Crippen LogP contribution in [0, 0.1) is 0 Å². The van der Waals surface area contributed by atoms with Crippen LogP contribution in [-0.2, 0) is 4.79 Å². The molecule has 0 spiro atoms. The van der Waals surface area contributed by atoms with Crippen molar-refractivity contribution >= 4 is 40.9 Å². The molecule has 0 aliphatic carbocycles. The maximum atomic E-state index is 11.5. The number of benzene rings is 1. The van der Waals surface area contributed by atoms with Gasteiger partial charge in [-0.1, -0.05) is 48.5 Å². The lowest BCUT2D eigenvalue weighted by Crippen LogP contribution is -2.38. The normalized spacial score (nSPS) is 23.2.